The van der Waals surface area contributed by atoms with Crippen LogP contribution in [0.15, 0.2) is 17.0 Å². The molecule has 0 unspecified atom stereocenters. The topological polar surface area (TPSA) is 104 Å². The van der Waals surface area contributed by atoms with Crippen molar-refractivity contribution >= 4 is 31.7 Å². The summed E-state index contributed by atoms with van der Waals surface area (Å²) in [5, 5.41) is 10.6. The van der Waals surface area contributed by atoms with Gasteiger partial charge in [-0.25, -0.2) is 8.42 Å². The number of rotatable bonds is 5. The molecule has 0 aliphatic heterocycles. The summed E-state index contributed by atoms with van der Waals surface area (Å²) in [6.45, 7) is -3.40. The van der Waals surface area contributed by atoms with Crippen LogP contribution in [0.25, 0.3) is 0 Å². The normalized spacial score (nSPS) is 11.4. The molecule has 0 saturated heterocycles. The van der Waals surface area contributed by atoms with Crippen LogP contribution in [0.1, 0.15) is 10.4 Å². The van der Waals surface area contributed by atoms with Gasteiger partial charge in [0.05, 0.1) is 16.6 Å². The Kier molecular flexibility index (Phi) is 4.37. The van der Waals surface area contributed by atoms with Crippen molar-refractivity contribution in [3.8, 4) is 5.75 Å². The third-order valence-corrected chi connectivity index (χ3v) is 3.26. The number of halogens is 3. The Balaban J connectivity index is 3.66. The van der Waals surface area contributed by atoms with Gasteiger partial charge in [-0.1, -0.05) is 0 Å². The summed E-state index contributed by atoms with van der Waals surface area (Å²) in [6.07, 6.45) is -0.100. The van der Waals surface area contributed by atoms with Gasteiger partial charge in [0.15, 0.2) is 6.29 Å². The molecule has 1 aromatic carbocycles. The Bertz CT molecular complexity index is 632. The van der Waals surface area contributed by atoms with Crippen LogP contribution < -0.4 is 4.74 Å². The molecule has 0 saturated carbocycles. The Morgan fingerprint density at radius 2 is 2.00 bits per heavy atom. The summed E-state index contributed by atoms with van der Waals surface area (Å²) >= 11 is 0. The average molecular weight is 316 g/mol. The quantitative estimate of drug-likeness (QED) is 0.356. The minimum absolute atomic E-state index is 0.100. The Morgan fingerprint density at radius 3 is 2.37 bits per heavy atom. The number of non-ortho nitro benzene ring substituents is 1. The molecule has 0 amide bonds. The van der Waals surface area contributed by atoms with E-state index in [0.29, 0.717) is 12.1 Å². The van der Waals surface area contributed by atoms with Gasteiger partial charge in [-0.2, -0.15) is 8.78 Å². The molecule has 1 aromatic rings. The molecule has 0 N–H and O–H groups in total. The molecule has 0 fully saturated rings. The highest BCUT2D eigenvalue weighted by atomic mass is 35.7. The van der Waals surface area contributed by atoms with E-state index in [0.717, 1.165) is 0 Å². The van der Waals surface area contributed by atoms with E-state index in [-0.39, 0.29) is 6.29 Å². The van der Waals surface area contributed by atoms with Crippen LogP contribution in [0, 0.1) is 10.1 Å². The van der Waals surface area contributed by atoms with Crippen LogP contribution in [0.3, 0.4) is 0 Å². The molecule has 7 nitrogen and oxygen atoms in total. The fourth-order valence-corrected chi connectivity index (χ4v) is 2.26. The van der Waals surface area contributed by atoms with Gasteiger partial charge in [-0.05, 0) is 0 Å². The van der Waals surface area contributed by atoms with E-state index in [9.17, 15) is 32.1 Å². The minimum Gasteiger partial charge on any atom is -0.434 e. The van der Waals surface area contributed by atoms with Crippen LogP contribution >= 0.6 is 10.7 Å². The van der Waals surface area contributed by atoms with Crippen LogP contribution in [0.2, 0.25) is 0 Å². The maximum absolute atomic E-state index is 12.1. The van der Waals surface area contributed by atoms with Gasteiger partial charge in [-0.3, -0.25) is 14.9 Å². The molecule has 0 spiro atoms. The lowest BCUT2D eigenvalue weighted by molar-refractivity contribution is -0.385. The van der Waals surface area contributed by atoms with E-state index in [1.165, 1.54) is 0 Å². The number of nitro benzene ring substituents is 1. The van der Waals surface area contributed by atoms with E-state index in [2.05, 4.69) is 4.74 Å². The minimum atomic E-state index is -4.55. The number of benzene rings is 1. The van der Waals surface area contributed by atoms with Crippen LogP contribution in [-0.2, 0) is 9.05 Å². The first-order valence-corrected chi connectivity index (χ1v) is 6.65. The van der Waals surface area contributed by atoms with Crippen molar-refractivity contribution < 1.29 is 31.7 Å². The number of carbonyl (C=O) groups is 1. The van der Waals surface area contributed by atoms with Gasteiger partial charge in [-0.15, -0.1) is 0 Å². The molecule has 104 valence electrons. The molecule has 11 heteroatoms. The van der Waals surface area contributed by atoms with Gasteiger partial charge in [0.25, 0.3) is 14.7 Å². The maximum atomic E-state index is 12.1. The summed E-state index contributed by atoms with van der Waals surface area (Å²) in [5.74, 6) is -0.946. The standard InChI is InChI=1S/C8H4ClF2NO6S/c9-19(16,17)7-2-4(12(14)15)1-6(5(7)3-13)18-8(10)11/h1-3,8H. The Hall–Kier alpha value is -1.81. The molecule has 0 aromatic heterocycles. The van der Waals surface area contributed by atoms with E-state index >= 15 is 0 Å². The summed E-state index contributed by atoms with van der Waals surface area (Å²) < 4.78 is 50.4. The number of aldehydes is 1. The molecule has 0 bridgehead atoms. The third kappa shape index (κ3) is 3.58. The number of carbonyl (C=O) groups excluding carboxylic acids is 1. The van der Waals surface area contributed by atoms with Gasteiger partial charge >= 0.3 is 6.61 Å². The lowest BCUT2D eigenvalue weighted by Crippen LogP contribution is -2.08. The lowest BCUT2D eigenvalue weighted by Gasteiger charge is -2.09. The third-order valence-electron chi connectivity index (χ3n) is 1.90. The molecule has 0 aliphatic carbocycles. The van der Waals surface area contributed by atoms with Gasteiger partial charge in [0.1, 0.15) is 10.6 Å². The largest absolute Gasteiger partial charge is 0.434 e. The van der Waals surface area contributed by atoms with Crippen molar-refractivity contribution in [3.05, 3.63) is 27.8 Å². The average Bonchev–Trinajstić information content (AvgIpc) is 2.25. The van der Waals surface area contributed by atoms with Crippen molar-refractivity contribution in [3.63, 3.8) is 0 Å². The van der Waals surface area contributed by atoms with E-state index in [4.69, 9.17) is 10.7 Å². The first kappa shape index (κ1) is 15.2. The van der Waals surface area contributed by atoms with Crippen molar-refractivity contribution in [2.45, 2.75) is 11.5 Å². The van der Waals surface area contributed by atoms with Crippen molar-refractivity contribution in [2.24, 2.45) is 0 Å². The van der Waals surface area contributed by atoms with Gasteiger partial charge < -0.3 is 4.74 Å². The van der Waals surface area contributed by atoms with Gasteiger partial charge in [0.2, 0.25) is 0 Å². The Morgan fingerprint density at radius 1 is 1.42 bits per heavy atom. The lowest BCUT2D eigenvalue weighted by atomic mass is 10.2. The summed E-state index contributed by atoms with van der Waals surface area (Å²) in [7, 11) is 0.427. The first-order valence-electron chi connectivity index (χ1n) is 4.34. The van der Waals surface area contributed by atoms with Crippen molar-refractivity contribution in [2.75, 3.05) is 0 Å². The zero-order valence-corrected chi connectivity index (χ0v) is 10.3. The molecular formula is C8H4ClF2NO6S. The van der Waals surface area contributed by atoms with Crippen LogP contribution in [-0.4, -0.2) is 26.2 Å². The second-order valence-electron chi connectivity index (χ2n) is 3.05. The molecule has 0 aliphatic rings. The summed E-state index contributed by atoms with van der Waals surface area (Å²) in [4.78, 5) is 19.3. The monoisotopic (exact) mass is 315 g/mol. The smallest absolute Gasteiger partial charge is 0.387 e. The predicted octanol–water partition coefficient (Wildman–Crippen LogP) is 1.94. The highest BCUT2D eigenvalue weighted by Gasteiger charge is 2.26. The highest BCUT2D eigenvalue weighted by Crippen LogP contribution is 2.33. The highest BCUT2D eigenvalue weighted by molar-refractivity contribution is 8.13. The number of alkyl halides is 2. The van der Waals surface area contributed by atoms with E-state index < -0.39 is 42.5 Å². The van der Waals surface area contributed by atoms with Crippen LogP contribution in [0.4, 0.5) is 14.5 Å². The zero-order valence-electron chi connectivity index (χ0n) is 8.75. The SMILES string of the molecule is O=Cc1c(OC(F)F)cc([N+](=O)[O-])cc1S(=O)(=O)Cl. The van der Waals surface area contributed by atoms with Crippen molar-refractivity contribution in [1.82, 2.24) is 0 Å². The summed E-state index contributed by atoms with van der Waals surface area (Å²) in [5.41, 5.74) is -1.68. The molecular weight excluding hydrogens is 312 g/mol. The van der Waals surface area contributed by atoms with Crippen molar-refractivity contribution in [1.29, 1.82) is 0 Å². The molecule has 0 atom stereocenters. The zero-order chi connectivity index (χ0) is 14.8. The fourth-order valence-electron chi connectivity index (χ4n) is 1.20. The number of ether oxygens (including phenoxy) is 1. The molecule has 19 heavy (non-hydrogen) atoms. The Labute approximate surface area is 109 Å². The second-order valence-corrected chi connectivity index (χ2v) is 5.58. The van der Waals surface area contributed by atoms with E-state index in [1.807, 2.05) is 0 Å². The number of hydrogen-bond donors (Lipinski definition) is 0. The first-order chi connectivity index (χ1) is 8.66. The van der Waals surface area contributed by atoms with E-state index in [1.54, 1.807) is 0 Å². The number of nitrogens with zero attached hydrogens (tertiary/aromatic N) is 1. The summed E-state index contributed by atoms with van der Waals surface area (Å²) in [6, 6.07) is 0.978. The van der Waals surface area contributed by atoms with Crippen LogP contribution in [0.5, 0.6) is 5.75 Å². The number of hydrogen-bond acceptors (Lipinski definition) is 6. The number of nitro groups is 1. The molecule has 0 heterocycles. The second kappa shape index (κ2) is 5.45. The molecule has 0 radical (unpaired) electrons. The fraction of sp³-hybridized carbons (Fsp3) is 0.125. The van der Waals surface area contributed by atoms with Gasteiger partial charge in [0, 0.05) is 16.7 Å². The maximum Gasteiger partial charge on any atom is 0.387 e. The molecule has 1 rings (SSSR count). The predicted molar refractivity (Wildman–Crippen MR) is 58.2 cm³/mol.